The summed E-state index contributed by atoms with van der Waals surface area (Å²) in [6.45, 7) is 1.57. The lowest BCUT2D eigenvalue weighted by molar-refractivity contribution is -0.116. The van der Waals surface area contributed by atoms with Crippen LogP contribution in [-0.4, -0.2) is 12.9 Å². The Bertz CT molecular complexity index is 364. The molecule has 1 aromatic rings. The molecule has 0 aliphatic heterocycles. The Labute approximate surface area is 106 Å². The number of hydrogen-bond acceptors (Lipinski definition) is 2. The van der Waals surface area contributed by atoms with Crippen molar-refractivity contribution < 1.29 is 9.53 Å². The van der Waals surface area contributed by atoms with Crippen LogP contribution < -0.4 is 4.74 Å². The van der Waals surface area contributed by atoms with Crippen LogP contribution in [0.3, 0.4) is 0 Å². The van der Waals surface area contributed by atoms with E-state index in [1.807, 2.05) is 18.2 Å². The minimum Gasteiger partial charge on any atom is -0.497 e. The molecule has 0 aliphatic carbocycles. The number of carbonyl (C=O) groups excluding carboxylic acids is 1. The molecule has 1 atom stereocenters. The van der Waals surface area contributed by atoms with E-state index in [2.05, 4.69) is 31.9 Å². The number of hydrogen-bond donors (Lipinski definition) is 0. The number of methoxy groups -OCH3 is 1. The third-order valence-electron chi connectivity index (χ3n) is 2.12. The molecular formula is C11H12Br2O2. The molecule has 0 N–H and O–H groups in total. The third kappa shape index (κ3) is 3.05. The van der Waals surface area contributed by atoms with Gasteiger partial charge >= 0.3 is 0 Å². The number of carbonyl (C=O) groups is 1. The largest absolute Gasteiger partial charge is 0.497 e. The first-order chi connectivity index (χ1) is 7.10. The maximum atomic E-state index is 11.3. The lowest BCUT2D eigenvalue weighted by Gasteiger charge is -2.12. The van der Waals surface area contributed by atoms with Crippen LogP contribution in [0.5, 0.6) is 5.75 Å². The highest BCUT2D eigenvalue weighted by atomic mass is 79.9. The van der Waals surface area contributed by atoms with Crippen molar-refractivity contribution in [3.05, 3.63) is 29.3 Å². The Morgan fingerprint density at radius 3 is 2.67 bits per heavy atom. The van der Waals surface area contributed by atoms with Gasteiger partial charge in [-0.2, -0.15) is 0 Å². The molecule has 0 fully saturated rings. The Balaban J connectivity index is 3.12. The van der Waals surface area contributed by atoms with E-state index in [0.29, 0.717) is 5.33 Å². The molecule has 0 saturated heterocycles. The van der Waals surface area contributed by atoms with Gasteiger partial charge in [-0.05, 0) is 30.2 Å². The van der Waals surface area contributed by atoms with Crippen molar-refractivity contribution in [2.24, 2.45) is 0 Å². The molecule has 0 saturated carbocycles. The lowest BCUT2D eigenvalue weighted by Crippen LogP contribution is -2.04. The van der Waals surface area contributed by atoms with Gasteiger partial charge in [0.25, 0.3) is 0 Å². The second-order valence-electron chi connectivity index (χ2n) is 3.17. The number of ketones is 1. The van der Waals surface area contributed by atoms with Gasteiger partial charge in [-0.1, -0.05) is 37.9 Å². The molecule has 0 heterocycles. The van der Waals surface area contributed by atoms with E-state index < -0.39 is 0 Å². The second-order valence-corrected chi connectivity index (χ2v) is 4.65. The van der Waals surface area contributed by atoms with Crippen LogP contribution in [0, 0.1) is 0 Å². The van der Waals surface area contributed by atoms with E-state index in [1.54, 1.807) is 14.0 Å². The Kier molecular flexibility index (Phi) is 4.80. The van der Waals surface area contributed by atoms with Gasteiger partial charge in [-0.25, -0.2) is 0 Å². The van der Waals surface area contributed by atoms with Gasteiger partial charge in [0.15, 0.2) is 0 Å². The Hall–Kier alpha value is -0.350. The van der Waals surface area contributed by atoms with Gasteiger partial charge in [0, 0.05) is 5.33 Å². The van der Waals surface area contributed by atoms with Crippen LogP contribution in [0.25, 0.3) is 0 Å². The van der Waals surface area contributed by atoms with Gasteiger partial charge in [0.05, 0.1) is 11.9 Å². The van der Waals surface area contributed by atoms with Crippen molar-refractivity contribution in [2.45, 2.75) is 17.1 Å². The molecule has 1 aromatic carbocycles. The summed E-state index contributed by atoms with van der Waals surface area (Å²) in [6.07, 6.45) is 0. The van der Waals surface area contributed by atoms with E-state index in [-0.39, 0.29) is 10.6 Å². The molecular weight excluding hydrogens is 324 g/mol. The molecule has 0 radical (unpaired) electrons. The third-order valence-corrected chi connectivity index (χ3v) is 3.87. The number of rotatable bonds is 4. The first kappa shape index (κ1) is 12.7. The van der Waals surface area contributed by atoms with Crippen LogP contribution in [-0.2, 0) is 10.1 Å². The van der Waals surface area contributed by atoms with Gasteiger partial charge < -0.3 is 4.74 Å². The fourth-order valence-corrected chi connectivity index (χ4v) is 2.22. The standard InChI is InChI=1S/C11H12Br2O2/c1-7(14)11(13)10-4-3-9(15-2)5-8(10)6-12/h3-5,11H,6H2,1-2H3. The molecule has 1 rings (SSSR count). The highest BCUT2D eigenvalue weighted by molar-refractivity contribution is 9.09. The predicted octanol–water partition coefficient (Wildman–Crippen LogP) is 3.62. The number of halogens is 2. The van der Waals surface area contributed by atoms with Crippen LogP contribution in [0.15, 0.2) is 18.2 Å². The summed E-state index contributed by atoms with van der Waals surface area (Å²) >= 11 is 6.78. The van der Waals surface area contributed by atoms with E-state index in [4.69, 9.17) is 4.74 Å². The summed E-state index contributed by atoms with van der Waals surface area (Å²) in [4.78, 5) is 11.0. The zero-order chi connectivity index (χ0) is 11.4. The van der Waals surface area contributed by atoms with Crippen molar-refractivity contribution in [1.29, 1.82) is 0 Å². The molecule has 0 bridgehead atoms. The molecule has 0 amide bonds. The van der Waals surface area contributed by atoms with Crippen LogP contribution in [0.2, 0.25) is 0 Å². The fourth-order valence-electron chi connectivity index (χ4n) is 1.29. The smallest absolute Gasteiger partial charge is 0.147 e. The van der Waals surface area contributed by atoms with Crippen LogP contribution >= 0.6 is 31.9 Å². The van der Waals surface area contributed by atoms with Crippen LogP contribution in [0.1, 0.15) is 22.9 Å². The van der Waals surface area contributed by atoms with E-state index in [9.17, 15) is 4.79 Å². The van der Waals surface area contributed by atoms with E-state index in [1.165, 1.54) is 0 Å². The van der Waals surface area contributed by atoms with Crippen LogP contribution in [0.4, 0.5) is 0 Å². The monoisotopic (exact) mass is 334 g/mol. The molecule has 1 unspecified atom stereocenters. The fraction of sp³-hybridized carbons (Fsp3) is 0.364. The van der Waals surface area contributed by atoms with Gasteiger partial charge in [0.2, 0.25) is 0 Å². The van der Waals surface area contributed by atoms with Crippen molar-refractivity contribution in [1.82, 2.24) is 0 Å². The number of Topliss-reactive ketones (excluding diaryl/α,β-unsaturated/α-hetero) is 1. The molecule has 15 heavy (non-hydrogen) atoms. The van der Waals surface area contributed by atoms with Gasteiger partial charge in [0.1, 0.15) is 11.5 Å². The molecule has 2 nitrogen and oxygen atoms in total. The number of alkyl halides is 2. The zero-order valence-corrected chi connectivity index (χ0v) is 11.8. The topological polar surface area (TPSA) is 26.3 Å². The van der Waals surface area contributed by atoms with Crippen molar-refractivity contribution in [2.75, 3.05) is 7.11 Å². The molecule has 82 valence electrons. The summed E-state index contributed by atoms with van der Waals surface area (Å²) in [5.74, 6) is 0.902. The summed E-state index contributed by atoms with van der Waals surface area (Å²) in [6, 6.07) is 5.70. The minimum atomic E-state index is -0.240. The van der Waals surface area contributed by atoms with Crippen molar-refractivity contribution >= 4 is 37.6 Å². The van der Waals surface area contributed by atoms with Crippen molar-refractivity contribution in [3.8, 4) is 5.75 Å². The van der Waals surface area contributed by atoms with E-state index >= 15 is 0 Å². The highest BCUT2D eigenvalue weighted by Gasteiger charge is 2.16. The summed E-state index contributed by atoms with van der Waals surface area (Å²) in [7, 11) is 1.63. The minimum absolute atomic E-state index is 0.0994. The lowest BCUT2D eigenvalue weighted by atomic mass is 10.0. The summed E-state index contributed by atoms with van der Waals surface area (Å²) < 4.78 is 5.13. The predicted molar refractivity (Wildman–Crippen MR) is 68.0 cm³/mol. The first-order valence-corrected chi connectivity index (χ1v) is 6.51. The number of benzene rings is 1. The SMILES string of the molecule is COc1ccc(C(Br)C(C)=O)c(CBr)c1. The van der Waals surface area contributed by atoms with Gasteiger partial charge in [-0.3, -0.25) is 4.79 Å². The Morgan fingerprint density at radius 1 is 1.53 bits per heavy atom. The van der Waals surface area contributed by atoms with Gasteiger partial charge in [-0.15, -0.1) is 0 Å². The summed E-state index contributed by atoms with van der Waals surface area (Å²) in [5, 5.41) is 0.703. The first-order valence-electron chi connectivity index (χ1n) is 4.47. The maximum absolute atomic E-state index is 11.3. The molecule has 0 aliphatic rings. The summed E-state index contributed by atoms with van der Waals surface area (Å²) in [5.41, 5.74) is 2.05. The zero-order valence-electron chi connectivity index (χ0n) is 8.59. The maximum Gasteiger partial charge on any atom is 0.147 e. The Morgan fingerprint density at radius 2 is 2.20 bits per heavy atom. The molecule has 0 spiro atoms. The number of ether oxygens (including phenoxy) is 1. The van der Waals surface area contributed by atoms with Crippen molar-refractivity contribution in [3.63, 3.8) is 0 Å². The highest BCUT2D eigenvalue weighted by Crippen LogP contribution is 2.30. The molecule has 0 aromatic heterocycles. The normalized spacial score (nSPS) is 12.3. The average Bonchev–Trinajstić information content (AvgIpc) is 2.27. The molecule has 4 heteroatoms. The second kappa shape index (κ2) is 5.66. The quantitative estimate of drug-likeness (QED) is 0.785. The average molecular weight is 336 g/mol. The van der Waals surface area contributed by atoms with E-state index in [0.717, 1.165) is 16.9 Å².